The summed E-state index contributed by atoms with van der Waals surface area (Å²) in [6.45, 7) is 2.79. The van der Waals surface area contributed by atoms with Crippen molar-refractivity contribution in [2.45, 2.75) is 25.4 Å². The van der Waals surface area contributed by atoms with Gasteiger partial charge in [-0.3, -0.25) is 15.2 Å². The van der Waals surface area contributed by atoms with Gasteiger partial charge in [0, 0.05) is 30.0 Å². The molecule has 6 nitrogen and oxygen atoms in total. The van der Waals surface area contributed by atoms with Crippen molar-refractivity contribution < 1.29 is 9.53 Å². The molecule has 1 aliphatic rings. The van der Waals surface area contributed by atoms with Crippen LogP contribution in [0.2, 0.25) is 0 Å². The van der Waals surface area contributed by atoms with E-state index in [0.29, 0.717) is 6.54 Å². The van der Waals surface area contributed by atoms with E-state index in [4.69, 9.17) is 4.74 Å². The number of carbonyl (C=O) groups is 1. The number of rotatable bonds is 6. The van der Waals surface area contributed by atoms with Gasteiger partial charge >= 0.3 is 0 Å². The second kappa shape index (κ2) is 7.86. The van der Waals surface area contributed by atoms with Crippen LogP contribution in [0.25, 0.3) is 11.1 Å². The predicted molar refractivity (Wildman–Crippen MR) is 109 cm³/mol. The number of hydrogen-bond acceptors (Lipinski definition) is 4. The van der Waals surface area contributed by atoms with Crippen molar-refractivity contribution in [1.29, 1.82) is 0 Å². The molecule has 0 bridgehead atoms. The van der Waals surface area contributed by atoms with Crippen LogP contribution in [0, 0.1) is 0 Å². The van der Waals surface area contributed by atoms with E-state index in [1.165, 1.54) is 0 Å². The third kappa shape index (κ3) is 3.64. The molecule has 0 spiro atoms. The molecule has 28 heavy (non-hydrogen) atoms. The van der Waals surface area contributed by atoms with Crippen LogP contribution >= 0.6 is 0 Å². The lowest BCUT2D eigenvalue weighted by Crippen LogP contribution is -2.39. The fourth-order valence-corrected chi connectivity index (χ4v) is 3.64. The molecule has 2 heterocycles. The number of carbonyl (C=O) groups excluding carboxylic acids is 1. The van der Waals surface area contributed by atoms with Crippen molar-refractivity contribution in [3.63, 3.8) is 0 Å². The number of anilines is 1. The Morgan fingerprint density at radius 3 is 2.75 bits per heavy atom. The first-order valence-electron chi connectivity index (χ1n) is 9.46. The Balaban J connectivity index is 1.43. The van der Waals surface area contributed by atoms with E-state index in [0.717, 1.165) is 34.5 Å². The third-order valence-electron chi connectivity index (χ3n) is 5.26. The highest BCUT2D eigenvalue weighted by Gasteiger charge is 2.33. The van der Waals surface area contributed by atoms with Gasteiger partial charge in [-0.1, -0.05) is 24.3 Å². The number of H-pyrrole nitrogens is 1. The first-order chi connectivity index (χ1) is 13.7. The maximum Gasteiger partial charge on any atom is 0.244 e. The van der Waals surface area contributed by atoms with E-state index < -0.39 is 0 Å². The number of methoxy groups -OCH3 is 1. The van der Waals surface area contributed by atoms with E-state index >= 15 is 0 Å². The minimum absolute atomic E-state index is 0.0625. The summed E-state index contributed by atoms with van der Waals surface area (Å²) in [6.07, 6.45) is 4.43. The van der Waals surface area contributed by atoms with Crippen molar-refractivity contribution in [2.24, 2.45) is 0 Å². The Hall–Kier alpha value is -3.12. The zero-order chi connectivity index (χ0) is 19.5. The summed E-state index contributed by atoms with van der Waals surface area (Å²) in [5.41, 5.74) is 4.14. The SMILES string of the molecule is COc1cccc([C@@H](C)NC2CCN(c3ccc(-c4cn[nH]c4)cc3)C2=O)c1. The molecule has 0 aliphatic carbocycles. The molecular formula is C22H24N4O2. The number of hydrogen-bond donors (Lipinski definition) is 2. The van der Waals surface area contributed by atoms with Crippen molar-refractivity contribution >= 4 is 11.6 Å². The molecule has 1 saturated heterocycles. The van der Waals surface area contributed by atoms with Crippen LogP contribution in [-0.2, 0) is 4.79 Å². The quantitative estimate of drug-likeness (QED) is 0.690. The van der Waals surface area contributed by atoms with Crippen LogP contribution in [0.15, 0.2) is 60.9 Å². The fraction of sp³-hybridized carbons (Fsp3) is 0.273. The van der Waals surface area contributed by atoms with E-state index in [1.54, 1.807) is 13.3 Å². The summed E-state index contributed by atoms with van der Waals surface area (Å²) in [7, 11) is 1.66. The van der Waals surface area contributed by atoms with Gasteiger partial charge in [-0.15, -0.1) is 0 Å². The summed E-state index contributed by atoms with van der Waals surface area (Å²) < 4.78 is 5.30. The summed E-state index contributed by atoms with van der Waals surface area (Å²) in [5, 5.41) is 10.3. The number of benzene rings is 2. The first kappa shape index (κ1) is 18.3. The smallest absolute Gasteiger partial charge is 0.244 e. The van der Waals surface area contributed by atoms with Gasteiger partial charge in [0.15, 0.2) is 0 Å². The molecule has 6 heteroatoms. The standard InChI is InChI=1S/C22H24N4O2/c1-15(17-4-3-5-20(12-17)28-2)25-21-10-11-26(22(21)27)19-8-6-16(7-9-19)18-13-23-24-14-18/h3-9,12-15,21,25H,10-11H2,1-2H3,(H,23,24)/t15-,21?/m1/s1. The van der Waals surface area contributed by atoms with Crippen LogP contribution in [0.1, 0.15) is 24.9 Å². The highest BCUT2D eigenvalue weighted by atomic mass is 16.5. The van der Waals surface area contributed by atoms with Crippen molar-refractivity contribution in [2.75, 3.05) is 18.6 Å². The molecule has 2 atom stereocenters. The molecule has 2 N–H and O–H groups in total. The zero-order valence-electron chi connectivity index (χ0n) is 16.1. The average molecular weight is 376 g/mol. The molecule has 0 radical (unpaired) electrons. The van der Waals surface area contributed by atoms with Gasteiger partial charge in [0.2, 0.25) is 5.91 Å². The van der Waals surface area contributed by atoms with E-state index in [2.05, 4.69) is 22.4 Å². The molecule has 144 valence electrons. The summed E-state index contributed by atoms with van der Waals surface area (Å²) in [6, 6.07) is 15.8. The Kier molecular flexibility index (Phi) is 5.12. The highest BCUT2D eigenvalue weighted by molar-refractivity contribution is 5.99. The monoisotopic (exact) mass is 376 g/mol. The fourth-order valence-electron chi connectivity index (χ4n) is 3.64. The minimum Gasteiger partial charge on any atom is -0.497 e. The van der Waals surface area contributed by atoms with E-state index in [-0.39, 0.29) is 18.0 Å². The third-order valence-corrected chi connectivity index (χ3v) is 5.26. The number of ether oxygens (including phenoxy) is 1. The van der Waals surface area contributed by atoms with E-state index in [9.17, 15) is 4.79 Å². The van der Waals surface area contributed by atoms with Gasteiger partial charge < -0.3 is 9.64 Å². The van der Waals surface area contributed by atoms with E-state index in [1.807, 2.05) is 59.6 Å². The molecule has 1 amide bonds. The minimum atomic E-state index is -0.185. The summed E-state index contributed by atoms with van der Waals surface area (Å²) in [4.78, 5) is 14.8. The molecular weight excluding hydrogens is 352 g/mol. The normalized spacial score (nSPS) is 17.7. The molecule has 0 saturated carbocycles. The average Bonchev–Trinajstić information content (AvgIpc) is 3.39. The van der Waals surface area contributed by atoms with Crippen LogP contribution < -0.4 is 15.0 Å². The number of amides is 1. The molecule has 4 rings (SSSR count). The number of nitrogens with one attached hydrogen (secondary N) is 2. The Bertz CT molecular complexity index is 937. The first-order valence-corrected chi connectivity index (χ1v) is 9.46. The number of aromatic amines is 1. The highest BCUT2D eigenvalue weighted by Crippen LogP contribution is 2.27. The maximum atomic E-state index is 12.9. The Morgan fingerprint density at radius 2 is 2.04 bits per heavy atom. The Morgan fingerprint density at radius 1 is 1.21 bits per heavy atom. The second-order valence-corrected chi connectivity index (χ2v) is 7.03. The van der Waals surface area contributed by atoms with Crippen molar-refractivity contribution in [3.8, 4) is 16.9 Å². The van der Waals surface area contributed by atoms with Crippen LogP contribution in [-0.4, -0.2) is 35.8 Å². The Labute approximate surface area is 164 Å². The van der Waals surface area contributed by atoms with Gasteiger partial charge in [0.1, 0.15) is 5.75 Å². The molecule has 1 fully saturated rings. The zero-order valence-corrected chi connectivity index (χ0v) is 16.1. The molecule has 3 aromatic rings. The lowest BCUT2D eigenvalue weighted by atomic mass is 10.1. The largest absolute Gasteiger partial charge is 0.497 e. The lowest BCUT2D eigenvalue weighted by Gasteiger charge is -2.21. The van der Waals surface area contributed by atoms with Gasteiger partial charge in [0.05, 0.1) is 19.3 Å². The number of nitrogens with zero attached hydrogens (tertiary/aromatic N) is 2. The summed E-state index contributed by atoms with van der Waals surface area (Å²) >= 11 is 0. The number of aromatic nitrogens is 2. The van der Waals surface area contributed by atoms with Gasteiger partial charge in [-0.25, -0.2) is 0 Å². The maximum absolute atomic E-state index is 12.9. The van der Waals surface area contributed by atoms with Crippen LogP contribution in [0.4, 0.5) is 5.69 Å². The van der Waals surface area contributed by atoms with Crippen LogP contribution in [0.5, 0.6) is 5.75 Å². The molecule has 1 aromatic heterocycles. The summed E-state index contributed by atoms with van der Waals surface area (Å²) in [5.74, 6) is 0.939. The van der Waals surface area contributed by atoms with Gasteiger partial charge in [-0.2, -0.15) is 5.10 Å². The van der Waals surface area contributed by atoms with Gasteiger partial charge in [-0.05, 0) is 48.7 Å². The van der Waals surface area contributed by atoms with Crippen LogP contribution in [0.3, 0.4) is 0 Å². The topological polar surface area (TPSA) is 70.2 Å². The molecule has 1 aliphatic heterocycles. The molecule has 2 aromatic carbocycles. The lowest BCUT2D eigenvalue weighted by molar-refractivity contribution is -0.119. The van der Waals surface area contributed by atoms with Crippen molar-refractivity contribution in [3.05, 3.63) is 66.5 Å². The second-order valence-electron chi connectivity index (χ2n) is 7.03. The van der Waals surface area contributed by atoms with Crippen molar-refractivity contribution in [1.82, 2.24) is 15.5 Å². The predicted octanol–water partition coefficient (Wildman–Crippen LogP) is 3.54. The molecule has 1 unspecified atom stereocenters. The van der Waals surface area contributed by atoms with Gasteiger partial charge in [0.25, 0.3) is 0 Å².